The van der Waals surface area contributed by atoms with Gasteiger partial charge in [-0.15, -0.1) is 0 Å². The summed E-state index contributed by atoms with van der Waals surface area (Å²) in [6.45, 7) is 5.50. The molecule has 0 saturated heterocycles. The van der Waals surface area contributed by atoms with E-state index in [1.165, 1.54) is 0 Å². The quantitative estimate of drug-likeness (QED) is 0.810. The summed E-state index contributed by atoms with van der Waals surface area (Å²) in [5, 5.41) is 3.20. The van der Waals surface area contributed by atoms with Crippen molar-refractivity contribution in [2.75, 3.05) is 20.1 Å². The SMILES string of the molecule is CC(C)NCCN(C)Cc1cc(C(F)(F)F)ccc1F. The highest BCUT2D eigenvalue weighted by Gasteiger charge is 2.31. The van der Waals surface area contributed by atoms with Crippen LogP contribution >= 0.6 is 0 Å². The van der Waals surface area contributed by atoms with E-state index >= 15 is 0 Å². The lowest BCUT2D eigenvalue weighted by Crippen LogP contribution is -2.32. The summed E-state index contributed by atoms with van der Waals surface area (Å²) in [7, 11) is 1.75. The molecule has 0 saturated carbocycles. The van der Waals surface area contributed by atoms with Crippen LogP contribution in [0.4, 0.5) is 17.6 Å². The van der Waals surface area contributed by atoms with Gasteiger partial charge >= 0.3 is 6.18 Å². The van der Waals surface area contributed by atoms with Crippen molar-refractivity contribution in [3.63, 3.8) is 0 Å². The summed E-state index contributed by atoms with van der Waals surface area (Å²) in [6, 6.07) is 2.85. The van der Waals surface area contributed by atoms with Crippen LogP contribution in [0.5, 0.6) is 0 Å². The molecule has 6 heteroatoms. The first-order valence-electron chi connectivity index (χ1n) is 6.47. The molecule has 1 aromatic carbocycles. The largest absolute Gasteiger partial charge is 0.416 e. The van der Waals surface area contributed by atoms with Gasteiger partial charge in [-0.1, -0.05) is 13.8 Å². The summed E-state index contributed by atoms with van der Waals surface area (Å²) in [6.07, 6.45) is -4.44. The summed E-state index contributed by atoms with van der Waals surface area (Å²) < 4.78 is 51.3. The van der Waals surface area contributed by atoms with Crippen molar-refractivity contribution in [1.82, 2.24) is 10.2 Å². The van der Waals surface area contributed by atoms with Crippen molar-refractivity contribution in [2.45, 2.75) is 32.6 Å². The number of likely N-dealkylation sites (N-methyl/N-ethyl adjacent to an activating group) is 1. The van der Waals surface area contributed by atoms with Gasteiger partial charge in [-0.2, -0.15) is 13.2 Å². The van der Waals surface area contributed by atoms with Gasteiger partial charge in [0.2, 0.25) is 0 Å². The van der Waals surface area contributed by atoms with E-state index in [0.717, 1.165) is 18.2 Å². The predicted molar refractivity (Wildman–Crippen MR) is 70.9 cm³/mol. The number of alkyl halides is 3. The number of hydrogen-bond acceptors (Lipinski definition) is 2. The minimum absolute atomic E-state index is 0.0619. The molecule has 2 nitrogen and oxygen atoms in total. The summed E-state index contributed by atoms with van der Waals surface area (Å²) in [5.41, 5.74) is -0.755. The first-order valence-corrected chi connectivity index (χ1v) is 6.47. The van der Waals surface area contributed by atoms with Crippen LogP contribution in [-0.4, -0.2) is 31.1 Å². The molecule has 0 aromatic heterocycles. The Morgan fingerprint density at radius 1 is 1.25 bits per heavy atom. The molecule has 1 N–H and O–H groups in total. The number of hydrogen-bond donors (Lipinski definition) is 1. The molecule has 0 aliphatic heterocycles. The monoisotopic (exact) mass is 292 g/mol. The number of nitrogens with one attached hydrogen (secondary N) is 1. The van der Waals surface area contributed by atoms with Gasteiger partial charge in [-0.25, -0.2) is 4.39 Å². The van der Waals surface area contributed by atoms with Crippen molar-refractivity contribution >= 4 is 0 Å². The Balaban J connectivity index is 2.67. The maximum Gasteiger partial charge on any atom is 0.416 e. The van der Waals surface area contributed by atoms with Crippen LogP contribution < -0.4 is 5.32 Å². The van der Waals surface area contributed by atoms with E-state index in [1.807, 2.05) is 13.8 Å². The molecule has 1 aromatic rings. The molecule has 0 atom stereocenters. The lowest BCUT2D eigenvalue weighted by molar-refractivity contribution is -0.137. The van der Waals surface area contributed by atoms with E-state index < -0.39 is 17.6 Å². The number of nitrogens with zero attached hydrogens (tertiary/aromatic N) is 1. The van der Waals surface area contributed by atoms with Gasteiger partial charge in [0.25, 0.3) is 0 Å². The highest BCUT2D eigenvalue weighted by Crippen LogP contribution is 2.30. The van der Waals surface area contributed by atoms with Crippen LogP contribution in [0, 0.1) is 5.82 Å². The molecule has 114 valence electrons. The second kappa shape index (κ2) is 7.04. The summed E-state index contributed by atoms with van der Waals surface area (Å²) >= 11 is 0. The van der Waals surface area contributed by atoms with E-state index in [1.54, 1.807) is 11.9 Å². The maximum absolute atomic E-state index is 13.6. The molecule has 20 heavy (non-hydrogen) atoms. The topological polar surface area (TPSA) is 15.3 Å². The Labute approximate surface area is 116 Å². The van der Waals surface area contributed by atoms with Gasteiger partial charge < -0.3 is 10.2 Å². The zero-order chi connectivity index (χ0) is 15.3. The average Bonchev–Trinajstić information content (AvgIpc) is 2.30. The molecule has 0 spiro atoms. The molecule has 0 radical (unpaired) electrons. The van der Waals surface area contributed by atoms with Crippen LogP contribution in [0.2, 0.25) is 0 Å². The zero-order valence-corrected chi connectivity index (χ0v) is 11.9. The van der Waals surface area contributed by atoms with E-state index in [-0.39, 0.29) is 12.1 Å². The Morgan fingerprint density at radius 2 is 1.90 bits per heavy atom. The van der Waals surface area contributed by atoms with Crippen LogP contribution in [0.15, 0.2) is 18.2 Å². The summed E-state index contributed by atoms with van der Waals surface area (Å²) in [4.78, 5) is 1.79. The van der Waals surface area contributed by atoms with Gasteiger partial charge in [-0.05, 0) is 25.2 Å². The second-order valence-corrected chi connectivity index (χ2v) is 5.15. The second-order valence-electron chi connectivity index (χ2n) is 5.15. The number of rotatable bonds is 6. The molecular formula is C14H20F4N2. The average molecular weight is 292 g/mol. The lowest BCUT2D eigenvalue weighted by Gasteiger charge is -2.19. The number of benzene rings is 1. The van der Waals surface area contributed by atoms with Crippen molar-refractivity contribution in [2.24, 2.45) is 0 Å². The molecule has 0 aliphatic rings. The lowest BCUT2D eigenvalue weighted by atomic mass is 10.1. The maximum atomic E-state index is 13.6. The zero-order valence-electron chi connectivity index (χ0n) is 11.9. The molecule has 0 fully saturated rings. The van der Waals surface area contributed by atoms with Gasteiger partial charge in [0.05, 0.1) is 5.56 Å². The highest BCUT2D eigenvalue weighted by molar-refractivity contribution is 5.27. The van der Waals surface area contributed by atoms with Gasteiger partial charge in [0.1, 0.15) is 5.82 Å². The predicted octanol–water partition coefficient (Wildman–Crippen LogP) is 3.27. The van der Waals surface area contributed by atoms with E-state index in [4.69, 9.17) is 0 Å². The minimum atomic E-state index is -4.44. The molecule has 1 rings (SSSR count). The molecule has 0 aliphatic carbocycles. The van der Waals surface area contributed by atoms with Gasteiger partial charge in [-0.3, -0.25) is 0 Å². The smallest absolute Gasteiger partial charge is 0.313 e. The fourth-order valence-corrected chi connectivity index (χ4v) is 1.79. The van der Waals surface area contributed by atoms with E-state index in [9.17, 15) is 17.6 Å². The van der Waals surface area contributed by atoms with Crippen molar-refractivity contribution in [1.29, 1.82) is 0 Å². The van der Waals surface area contributed by atoms with Crippen LogP contribution in [0.1, 0.15) is 25.0 Å². The molecule has 0 amide bonds. The normalized spacial score (nSPS) is 12.4. The Kier molecular flexibility index (Phi) is 5.95. The van der Waals surface area contributed by atoms with Crippen molar-refractivity contribution in [3.8, 4) is 0 Å². The molecule has 0 heterocycles. The first kappa shape index (κ1) is 16.9. The van der Waals surface area contributed by atoms with Crippen molar-refractivity contribution in [3.05, 3.63) is 35.1 Å². The van der Waals surface area contributed by atoms with Crippen LogP contribution in [0.3, 0.4) is 0 Å². The van der Waals surface area contributed by atoms with Crippen LogP contribution in [-0.2, 0) is 12.7 Å². The minimum Gasteiger partial charge on any atom is -0.313 e. The molecule has 0 bridgehead atoms. The van der Waals surface area contributed by atoms with Gasteiger partial charge in [0.15, 0.2) is 0 Å². The first-order chi connectivity index (χ1) is 9.20. The Morgan fingerprint density at radius 3 is 2.45 bits per heavy atom. The summed E-state index contributed by atoms with van der Waals surface area (Å²) in [5.74, 6) is -0.610. The fraction of sp³-hybridized carbons (Fsp3) is 0.571. The van der Waals surface area contributed by atoms with E-state index in [2.05, 4.69) is 5.32 Å². The fourth-order valence-electron chi connectivity index (χ4n) is 1.79. The number of halogens is 4. The van der Waals surface area contributed by atoms with Gasteiger partial charge in [0, 0.05) is 31.2 Å². The third-order valence-corrected chi connectivity index (χ3v) is 2.86. The highest BCUT2D eigenvalue weighted by atomic mass is 19.4. The third kappa shape index (κ3) is 5.46. The van der Waals surface area contributed by atoms with Crippen LogP contribution in [0.25, 0.3) is 0 Å². The Bertz CT molecular complexity index is 430. The molecule has 0 unspecified atom stereocenters. The third-order valence-electron chi connectivity index (χ3n) is 2.86. The standard InChI is InChI=1S/C14H20F4N2/c1-10(2)19-6-7-20(3)9-11-8-12(14(16,17)18)4-5-13(11)15/h4-5,8,10,19H,6-7,9H2,1-3H3. The van der Waals surface area contributed by atoms with E-state index in [0.29, 0.717) is 19.1 Å². The molecular weight excluding hydrogens is 272 g/mol. The Hall–Kier alpha value is -1.14. The van der Waals surface area contributed by atoms with Crippen molar-refractivity contribution < 1.29 is 17.6 Å².